The molecule has 28 heavy (non-hydrogen) atoms. The monoisotopic (exact) mass is 398 g/mol. The summed E-state index contributed by atoms with van der Waals surface area (Å²) in [6.45, 7) is 0.108. The summed E-state index contributed by atoms with van der Waals surface area (Å²) in [5.74, 6) is 0.584. The van der Waals surface area contributed by atoms with Crippen molar-refractivity contribution >= 4 is 29.3 Å². The minimum atomic E-state index is -0.231. The number of benzene rings is 2. The smallest absolute Gasteiger partial charge is 0.277 e. The van der Waals surface area contributed by atoms with Crippen LogP contribution in [0.15, 0.2) is 64.2 Å². The molecule has 8 nitrogen and oxygen atoms in total. The van der Waals surface area contributed by atoms with Gasteiger partial charge in [-0.25, -0.2) is 0 Å². The molecule has 0 aliphatic heterocycles. The van der Waals surface area contributed by atoms with Gasteiger partial charge in [-0.3, -0.25) is 9.59 Å². The lowest BCUT2D eigenvalue weighted by Crippen LogP contribution is -2.22. The lowest BCUT2D eigenvalue weighted by molar-refractivity contribution is -0.113. The van der Waals surface area contributed by atoms with Gasteiger partial charge in [-0.1, -0.05) is 36.0 Å². The Kier molecular flexibility index (Phi) is 6.64. The second-order valence-corrected chi connectivity index (χ2v) is 6.51. The Hall–Kier alpha value is -3.33. The molecule has 0 fully saturated rings. The number of nitrogens with zero attached hydrogens (tertiary/aromatic N) is 2. The van der Waals surface area contributed by atoms with Crippen LogP contribution in [-0.2, 0) is 11.3 Å². The van der Waals surface area contributed by atoms with Crippen LogP contribution in [0.5, 0.6) is 5.75 Å². The van der Waals surface area contributed by atoms with Crippen LogP contribution in [-0.4, -0.2) is 34.9 Å². The minimum absolute atomic E-state index is 0.106. The molecule has 0 saturated heterocycles. The Balaban J connectivity index is 1.45. The van der Waals surface area contributed by atoms with E-state index < -0.39 is 0 Å². The zero-order chi connectivity index (χ0) is 19.8. The number of methoxy groups -OCH3 is 1. The van der Waals surface area contributed by atoms with Crippen LogP contribution in [0.4, 0.5) is 5.69 Å². The van der Waals surface area contributed by atoms with Crippen molar-refractivity contribution in [2.45, 2.75) is 11.8 Å². The highest BCUT2D eigenvalue weighted by Gasteiger charge is 2.12. The summed E-state index contributed by atoms with van der Waals surface area (Å²) in [5.41, 5.74) is 1.19. The van der Waals surface area contributed by atoms with Gasteiger partial charge in [0.2, 0.25) is 11.8 Å². The van der Waals surface area contributed by atoms with Crippen LogP contribution < -0.4 is 15.4 Å². The Morgan fingerprint density at radius 1 is 1.11 bits per heavy atom. The molecule has 2 amide bonds. The van der Waals surface area contributed by atoms with E-state index >= 15 is 0 Å². The van der Waals surface area contributed by atoms with Gasteiger partial charge in [0.25, 0.3) is 11.1 Å². The van der Waals surface area contributed by atoms with Crippen molar-refractivity contribution in [2.75, 3.05) is 18.2 Å². The number of carbonyl (C=O) groups excluding carboxylic acids is 2. The van der Waals surface area contributed by atoms with Gasteiger partial charge in [0, 0.05) is 17.3 Å². The number of ether oxygens (including phenoxy) is 1. The Labute approximate surface area is 165 Å². The molecule has 3 aromatic rings. The molecule has 1 aromatic heterocycles. The van der Waals surface area contributed by atoms with Crippen LogP contribution in [0.25, 0.3) is 0 Å². The van der Waals surface area contributed by atoms with Crippen molar-refractivity contribution in [3.63, 3.8) is 0 Å². The third kappa shape index (κ3) is 5.58. The maximum Gasteiger partial charge on any atom is 0.277 e. The lowest BCUT2D eigenvalue weighted by Gasteiger charge is -2.05. The van der Waals surface area contributed by atoms with Gasteiger partial charge in [-0.15, -0.1) is 10.2 Å². The number of rotatable bonds is 8. The van der Waals surface area contributed by atoms with Gasteiger partial charge in [0.1, 0.15) is 5.75 Å². The van der Waals surface area contributed by atoms with Gasteiger partial charge < -0.3 is 19.8 Å². The highest BCUT2D eigenvalue weighted by atomic mass is 32.2. The summed E-state index contributed by atoms with van der Waals surface area (Å²) < 4.78 is 10.5. The zero-order valence-electron chi connectivity index (χ0n) is 15.0. The molecule has 0 radical (unpaired) electrons. The Morgan fingerprint density at radius 2 is 1.93 bits per heavy atom. The van der Waals surface area contributed by atoms with Crippen molar-refractivity contribution in [1.29, 1.82) is 0 Å². The zero-order valence-corrected chi connectivity index (χ0v) is 15.9. The van der Waals surface area contributed by atoms with E-state index in [2.05, 4.69) is 20.8 Å². The van der Waals surface area contributed by atoms with Crippen LogP contribution in [0, 0.1) is 0 Å². The fraction of sp³-hybridized carbons (Fsp3) is 0.158. The average Bonchev–Trinajstić information content (AvgIpc) is 3.19. The summed E-state index contributed by atoms with van der Waals surface area (Å²) in [5, 5.41) is 13.5. The number of hydrogen-bond acceptors (Lipinski definition) is 7. The molecule has 0 atom stereocenters. The number of amides is 2. The molecule has 0 spiro atoms. The summed E-state index contributed by atoms with van der Waals surface area (Å²) in [4.78, 5) is 24.0. The van der Waals surface area contributed by atoms with Gasteiger partial charge in [0.15, 0.2) is 0 Å². The van der Waals surface area contributed by atoms with Crippen LogP contribution >= 0.6 is 11.8 Å². The normalized spacial score (nSPS) is 10.3. The second kappa shape index (κ2) is 9.56. The van der Waals surface area contributed by atoms with E-state index in [0.717, 1.165) is 11.8 Å². The van der Waals surface area contributed by atoms with Crippen LogP contribution in [0.3, 0.4) is 0 Å². The molecular weight excluding hydrogens is 380 g/mol. The van der Waals surface area contributed by atoms with E-state index in [-0.39, 0.29) is 35.2 Å². The molecule has 0 unspecified atom stereocenters. The molecule has 1 heterocycles. The van der Waals surface area contributed by atoms with Crippen LogP contribution in [0.2, 0.25) is 0 Å². The molecular formula is C19H18N4O4S. The average molecular weight is 398 g/mol. The number of hydrogen-bond donors (Lipinski definition) is 2. The second-order valence-electron chi connectivity index (χ2n) is 5.58. The van der Waals surface area contributed by atoms with Crippen molar-refractivity contribution in [3.05, 3.63) is 66.1 Å². The summed E-state index contributed by atoms with van der Waals surface area (Å²) in [7, 11) is 1.56. The standard InChI is InChI=1S/C19H18N4O4S/c1-26-15-9-5-8-14(10-15)21-16(24)12-28-19-23-22-17(27-19)11-20-18(25)13-6-3-2-4-7-13/h2-10H,11-12H2,1H3,(H,20,25)(H,21,24). The molecule has 0 saturated carbocycles. The third-order valence-electron chi connectivity index (χ3n) is 3.56. The summed E-state index contributed by atoms with van der Waals surface area (Å²) in [6, 6.07) is 15.9. The van der Waals surface area contributed by atoms with E-state index in [1.807, 2.05) is 6.07 Å². The predicted octanol–water partition coefficient (Wildman–Crippen LogP) is 2.74. The van der Waals surface area contributed by atoms with Gasteiger partial charge in [0.05, 0.1) is 19.4 Å². The van der Waals surface area contributed by atoms with Crippen molar-refractivity contribution in [2.24, 2.45) is 0 Å². The number of carbonyl (C=O) groups is 2. The molecule has 144 valence electrons. The third-order valence-corrected chi connectivity index (χ3v) is 4.38. The largest absolute Gasteiger partial charge is 0.497 e. The quantitative estimate of drug-likeness (QED) is 0.562. The maximum atomic E-state index is 12.0. The first-order valence-electron chi connectivity index (χ1n) is 8.36. The number of aromatic nitrogens is 2. The first-order chi connectivity index (χ1) is 13.6. The fourth-order valence-electron chi connectivity index (χ4n) is 2.24. The summed E-state index contributed by atoms with van der Waals surface area (Å²) >= 11 is 1.11. The molecule has 0 aliphatic rings. The highest BCUT2D eigenvalue weighted by Crippen LogP contribution is 2.19. The van der Waals surface area contributed by atoms with E-state index in [1.54, 1.807) is 55.6 Å². The topological polar surface area (TPSA) is 106 Å². The highest BCUT2D eigenvalue weighted by molar-refractivity contribution is 7.99. The van der Waals surface area contributed by atoms with Gasteiger partial charge in [-0.2, -0.15) is 0 Å². The molecule has 2 N–H and O–H groups in total. The SMILES string of the molecule is COc1cccc(NC(=O)CSc2nnc(CNC(=O)c3ccccc3)o2)c1. The summed E-state index contributed by atoms with van der Waals surface area (Å²) in [6.07, 6.45) is 0. The Morgan fingerprint density at radius 3 is 2.71 bits per heavy atom. The number of thioether (sulfide) groups is 1. The molecule has 0 aliphatic carbocycles. The van der Waals surface area contributed by atoms with Crippen LogP contribution in [0.1, 0.15) is 16.2 Å². The lowest BCUT2D eigenvalue weighted by atomic mass is 10.2. The van der Waals surface area contributed by atoms with E-state index in [9.17, 15) is 9.59 Å². The van der Waals surface area contributed by atoms with E-state index in [4.69, 9.17) is 9.15 Å². The van der Waals surface area contributed by atoms with Crippen molar-refractivity contribution in [3.8, 4) is 5.75 Å². The minimum Gasteiger partial charge on any atom is -0.497 e. The van der Waals surface area contributed by atoms with Gasteiger partial charge >= 0.3 is 0 Å². The Bertz CT molecular complexity index is 946. The first kappa shape index (κ1) is 19.4. The predicted molar refractivity (Wildman–Crippen MR) is 104 cm³/mol. The van der Waals surface area contributed by atoms with Gasteiger partial charge in [-0.05, 0) is 24.3 Å². The van der Waals surface area contributed by atoms with Crippen molar-refractivity contribution < 1.29 is 18.7 Å². The van der Waals surface area contributed by atoms with E-state index in [1.165, 1.54) is 0 Å². The molecule has 2 aromatic carbocycles. The fourth-order valence-corrected chi connectivity index (χ4v) is 2.82. The van der Waals surface area contributed by atoms with Crippen molar-refractivity contribution in [1.82, 2.24) is 15.5 Å². The molecule has 3 rings (SSSR count). The first-order valence-corrected chi connectivity index (χ1v) is 9.35. The number of nitrogens with one attached hydrogen (secondary N) is 2. The molecule has 0 bridgehead atoms. The number of anilines is 1. The maximum absolute atomic E-state index is 12.0. The van der Waals surface area contributed by atoms with E-state index in [0.29, 0.717) is 17.0 Å². The molecule has 9 heteroatoms.